The van der Waals surface area contributed by atoms with Gasteiger partial charge < -0.3 is 9.31 Å². The molecule has 0 atom stereocenters. The summed E-state index contributed by atoms with van der Waals surface area (Å²) < 4.78 is 12.0. The van der Waals surface area contributed by atoms with Gasteiger partial charge in [-0.3, -0.25) is 0 Å². The van der Waals surface area contributed by atoms with Gasteiger partial charge in [0.2, 0.25) is 0 Å². The van der Waals surface area contributed by atoms with Crippen LogP contribution in [0.5, 0.6) is 0 Å². The van der Waals surface area contributed by atoms with Crippen molar-refractivity contribution in [1.29, 1.82) is 0 Å². The van der Waals surface area contributed by atoms with Crippen LogP contribution in [0.2, 0.25) is 0 Å². The Morgan fingerprint density at radius 1 is 1.06 bits per heavy atom. The highest BCUT2D eigenvalue weighted by molar-refractivity contribution is 6.46. The van der Waals surface area contributed by atoms with Crippen LogP contribution < -0.4 is 5.19 Å². The van der Waals surface area contributed by atoms with Crippen molar-refractivity contribution < 1.29 is 9.31 Å². The van der Waals surface area contributed by atoms with Crippen LogP contribution in [0.3, 0.4) is 0 Å². The van der Waals surface area contributed by atoms with Crippen LogP contribution in [0.25, 0.3) is 0 Å². The summed E-state index contributed by atoms with van der Waals surface area (Å²) in [5, 5.41) is 1.10. The summed E-state index contributed by atoms with van der Waals surface area (Å²) in [6.45, 7) is 8.30. The van der Waals surface area contributed by atoms with E-state index in [0.717, 1.165) is 11.5 Å². The van der Waals surface area contributed by atoms with Crippen LogP contribution in [0, 0.1) is 0 Å². The van der Waals surface area contributed by atoms with Crippen LogP contribution >= 0.6 is 0 Å². The maximum atomic E-state index is 5.98. The zero-order valence-electron chi connectivity index (χ0n) is 10.9. The van der Waals surface area contributed by atoms with Gasteiger partial charge in [-0.05, 0) is 27.7 Å². The quantitative estimate of drug-likeness (QED) is 0.738. The largest absolute Gasteiger partial charge is 0.462 e. The van der Waals surface area contributed by atoms with Gasteiger partial charge in [0, 0.05) is 6.32 Å². The molecule has 1 saturated heterocycles. The molecule has 2 rings (SSSR count). The minimum Gasteiger partial charge on any atom is -0.403 e. The summed E-state index contributed by atoms with van der Waals surface area (Å²) >= 11 is 0. The molecule has 0 amide bonds. The Labute approximate surface area is 107 Å². The van der Waals surface area contributed by atoms with Crippen molar-refractivity contribution in [2.45, 2.75) is 45.2 Å². The third kappa shape index (κ3) is 2.49. The van der Waals surface area contributed by atoms with Gasteiger partial charge in [-0.1, -0.05) is 35.0 Å². The summed E-state index contributed by atoms with van der Waals surface area (Å²) in [7, 11) is 3.43. The van der Waals surface area contributed by atoms with Crippen molar-refractivity contribution in [1.82, 2.24) is 0 Å². The van der Waals surface area contributed by atoms with Crippen molar-refractivity contribution in [2.75, 3.05) is 0 Å². The monoisotopic (exact) mass is 245 g/mol. The molecule has 0 unspecified atom stereocenters. The van der Waals surface area contributed by atoms with Crippen molar-refractivity contribution >= 4 is 22.5 Å². The van der Waals surface area contributed by atoms with Crippen LogP contribution in [0.1, 0.15) is 33.3 Å². The molecule has 1 aliphatic rings. The van der Waals surface area contributed by atoms with Crippen molar-refractivity contribution in [2.24, 2.45) is 0 Å². The van der Waals surface area contributed by atoms with E-state index < -0.39 is 0 Å². The maximum absolute atomic E-state index is 5.98. The third-order valence-electron chi connectivity index (χ3n) is 3.71. The summed E-state index contributed by atoms with van der Waals surface area (Å²) in [6.07, 6.45) is 0.770. The smallest absolute Gasteiger partial charge is 0.403 e. The molecule has 0 saturated carbocycles. The molecule has 4 heteroatoms. The molecule has 17 heavy (non-hydrogen) atoms. The van der Waals surface area contributed by atoms with Crippen molar-refractivity contribution in [3.05, 3.63) is 29.8 Å². The van der Waals surface area contributed by atoms with Gasteiger partial charge in [0.05, 0.1) is 21.4 Å². The molecule has 2 nitrogen and oxygen atoms in total. The summed E-state index contributed by atoms with van der Waals surface area (Å²) in [5.41, 5.74) is 0.708. The molecule has 1 aliphatic heterocycles. The lowest BCUT2D eigenvalue weighted by Gasteiger charge is -2.32. The molecular weight excluding hydrogens is 227 g/mol. The van der Waals surface area contributed by atoms with Gasteiger partial charge in [-0.25, -0.2) is 0 Å². The first-order valence-corrected chi connectivity index (χ1v) is 6.47. The second-order valence-corrected chi connectivity index (χ2v) is 6.09. The molecule has 0 bridgehead atoms. The average Bonchev–Trinajstić information content (AvgIpc) is 2.39. The Balaban J connectivity index is 2.11. The molecule has 1 heterocycles. The number of benzene rings is 1. The summed E-state index contributed by atoms with van der Waals surface area (Å²) in [5.74, 6) is 0. The van der Waals surface area contributed by atoms with E-state index in [1.807, 2.05) is 18.2 Å². The van der Waals surface area contributed by atoms with E-state index in [9.17, 15) is 0 Å². The SMILES string of the molecule is CC1(C)OB(Cc2ccccc2[Si])OC1(C)C. The highest BCUT2D eigenvalue weighted by atomic mass is 28.1. The molecule has 1 aromatic carbocycles. The van der Waals surface area contributed by atoms with E-state index in [4.69, 9.17) is 9.31 Å². The molecule has 89 valence electrons. The van der Waals surface area contributed by atoms with E-state index in [1.165, 1.54) is 5.56 Å². The number of rotatable bonds is 2. The second kappa shape index (κ2) is 4.27. The first-order chi connectivity index (χ1) is 7.82. The lowest BCUT2D eigenvalue weighted by Crippen LogP contribution is -2.41. The van der Waals surface area contributed by atoms with Crippen molar-refractivity contribution in [3.8, 4) is 0 Å². The zero-order valence-corrected chi connectivity index (χ0v) is 11.9. The van der Waals surface area contributed by atoms with Crippen LogP contribution in [-0.2, 0) is 15.6 Å². The predicted molar refractivity (Wildman–Crippen MR) is 71.6 cm³/mol. The van der Waals surface area contributed by atoms with Gasteiger partial charge in [-0.15, -0.1) is 0 Å². The third-order valence-corrected chi connectivity index (χ3v) is 4.19. The molecule has 3 radical (unpaired) electrons. The van der Waals surface area contributed by atoms with Crippen LogP contribution in [0.15, 0.2) is 24.3 Å². The highest BCUT2D eigenvalue weighted by Crippen LogP contribution is 2.37. The topological polar surface area (TPSA) is 18.5 Å². The van der Waals surface area contributed by atoms with Crippen molar-refractivity contribution in [3.63, 3.8) is 0 Å². The van der Waals surface area contributed by atoms with Gasteiger partial charge in [0.1, 0.15) is 0 Å². The van der Waals surface area contributed by atoms with Gasteiger partial charge in [0.15, 0.2) is 0 Å². The Morgan fingerprint density at radius 2 is 1.59 bits per heavy atom. The summed E-state index contributed by atoms with van der Waals surface area (Å²) in [4.78, 5) is 0. The number of hydrogen-bond acceptors (Lipinski definition) is 2. The standard InChI is InChI=1S/C13H18BO2Si/c1-12(2)13(3,4)16-14(15-12)9-10-7-5-6-8-11(10)17/h5-8H,9H2,1-4H3. The molecule has 0 spiro atoms. The fourth-order valence-electron chi connectivity index (χ4n) is 1.93. The zero-order chi connectivity index (χ0) is 12.7. The van der Waals surface area contributed by atoms with Crippen LogP contribution in [-0.4, -0.2) is 28.6 Å². The second-order valence-electron chi connectivity index (χ2n) is 5.55. The first kappa shape index (κ1) is 12.9. The maximum Gasteiger partial charge on any atom is 0.462 e. The molecule has 1 aromatic rings. The number of hydrogen-bond donors (Lipinski definition) is 0. The van der Waals surface area contributed by atoms with E-state index in [2.05, 4.69) is 44.0 Å². The van der Waals surface area contributed by atoms with Gasteiger partial charge in [0.25, 0.3) is 0 Å². The van der Waals surface area contributed by atoms with E-state index in [-0.39, 0.29) is 18.3 Å². The lowest BCUT2D eigenvalue weighted by atomic mass is 9.81. The Bertz CT molecular complexity index is 402. The Hall–Kier alpha value is -0.578. The van der Waals surface area contributed by atoms with E-state index in [0.29, 0.717) is 0 Å². The average molecular weight is 245 g/mol. The predicted octanol–water partition coefficient (Wildman–Crippen LogP) is 1.65. The van der Waals surface area contributed by atoms with E-state index in [1.54, 1.807) is 0 Å². The van der Waals surface area contributed by atoms with E-state index >= 15 is 0 Å². The minimum absolute atomic E-state index is 0.169. The lowest BCUT2D eigenvalue weighted by molar-refractivity contribution is 0.00578. The fourth-order valence-corrected chi connectivity index (χ4v) is 2.21. The molecule has 0 N–H and O–H groups in total. The molecular formula is C13H18BO2Si. The molecule has 1 fully saturated rings. The molecule has 0 aromatic heterocycles. The van der Waals surface area contributed by atoms with Crippen LogP contribution in [0.4, 0.5) is 0 Å². The minimum atomic E-state index is -0.252. The highest BCUT2D eigenvalue weighted by Gasteiger charge is 2.50. The normalized spacial score (nSPS) is 21.8. The summed E-state index contributed by atoms with van der Waals surface area (Å²) in [6, 6.07) is 8.17. The molecule has 0 aliphatic carbocycles. The first-order valence-electron chi connectivity index (χ1n) is 5.97. The Morgan fingerprint density at radius 3 is 2.12 bits per heavy atom. The Kier molecular flexibility index (Phi) is 3.23. The van der Waals surface area contributed by atoms with Gasteiger partial charge >= 0.3 is 7.12 Å². The van der Waals surface area contributed by atoms with Gasteiger partial charge in [-0.2, -0.15) is 0 Å². The fraction of sp³-hybridized carbons (Fsp3) is 0.538.